The number of ether oxygens (including phenoxy) is 4. The minimum Gasteiger partial charge on any atom is -0.493 e. The average Bonchev–Trinajstić information content (AvgIpc) is 2.82. The van der Waals surface area contributed by atoms with E-state index in [1.54, 1.807) is 14.2 Å². The Labute approximate surface area is 182 Å². The second kappa shape index (κ2) is 9.93. The van der Waals surface area contributed by atoms with E-state index in [4.69, 9.17) is 18.9 Å². The molecule has 0 saturated heterocycles. The molecule has 31 heavy (non-hydrogen) atoms. The zero-order valence-electron chi connectivity index (χ0n) is 18.3. The summed E-state index contributed by atoms with van der Waals surface area (Å²) in [4.78, 5) is 20.6. The number of carbonyl (C=O) groups is 1. The van der Waals surface area contributed by atoms with Gasteiger partial charge in [-0.05, 0) is 35.6 Å². The SMILES string of the molecule is COc1nc(OC)c(C=O)c(-c2cc(OC)c(OC)cc2C(C)Cc2ccccc2)n1. The summed E-state index contributed by atoms with van der Waals surface area (Å²) in [5.74, 6) is 1.36. The van der Waals surface area contributed by atoms with E-state index >= 15 is 0 Å². The Morgan fingerprint density at radius 2 is 1.58 bits per heavy atom. The van der Waals surface area contributed by atoms with Crippen molar-refractivity contribution in [1.29, 1.82) is 0 Å². The molecule has 162 valence electrons. The summed E-state index contributed by atoms with van der Waals surface area (Å²) in [6.07, 6.45) is 1.48. The molecule has 1 heterocycles. The van der Waals surface area contributed by atoms with Crippen LogP contribution in [0.5, 0.6) is 23.4 Å². The molecule has 0 aliphatic heterocycles. The number of aldehydes is 1. The normalized spacial score (nSPS) is 11.5. The van der Waals surface area contributed by atoms with Crippen molar-refractivity contribution in [2.75, 3.05) is 28.4 Å². The van der Waals surface area contributed by atoms with Crippen LogP contribution in [0.3, 0.4) is 0 Å². The van der Waals surface area contributed by atoms with Crippen molar-refractivity contribution in [3.63, 3.8) is 0 Å². The predicted molar refractivity (Wildman–Crippen MR) is 118 cm³/mol. The average molecular weight is 422 g/mol. The Morgan fingerprint density at radius 1 is 0.903 bits per heavy atom. The summed E-state index contributed by atoms with van der Waals surface area (Å²) in [6.45, 7) is 2.12. The van der Waals surface area contributed by atoms with E-state index in [1.165, 1.54) is 19.8 Å². The lowest BCUT2D eigenvalue weighted by molar-refractivity contribution is 0.112. The largest absolute Gasteiger partial charge is 0.493 e. The topological polar surface area (TPSA) is 79.8 Å². The zero-order valence-corrected chi connectivity index (χ0v) is 18.3. The van der Waals surface area contributed by atoms with E-state index in [1.807, 2.05) is 30.3 Å². The summed E-state index contributed by atoms with van der Waals surface area (Å²) < 4.78 is 21.6. The minimum atomic E-state index is 0.0867. The molecule has 2 aromatic carbocycles. The Balaban J connectivity index is 2.25. The number of nitrogens with zero attached hydrogens (tertiary/aromatic N) is 2. The second-order valence-electron chi connectivity index (χ2n) is 6.98. The zero-order chi connectivity index (χ0) is 22.4. The minimum absolute atomic E-state index is 0.0867. The molecule has 0 aliphatic rings. The summed E-state index contributed by atoms with van der Waals surface area (Å²) >= 11 is 0. The first-order valence-electron chi connectivity index (χ1n) is 9.81. The van der Waals surface area contributed by atoms with Crippen LogP contribution in [0, 0.1) is 0 Å². The quantitative estimate of drug-likeness (QED) is 0.475. The molecule has 0 bridgehead atoms. The third-order valence-electron chi connectivity index (χ3n) is 5.11. The van der Waals surface area contributed by atoms with Gasteiger partial charge in [0.05, 0.1) is 34.1 Å². The van der Waals surface area contributed by atoms with Gasteiger partial charge in [0.25, 0.3) is 0 Å². The molecule has 3 aromatic rings. The maximum absolute atomic E-state index is 12.0. The first-order valence-corrected chi connectivity index (χ1v) is 9.81. The fourth-order valence-corrected chi connectivity index (χ4v) is 3.57. The Bertz CT molecular complexity index is 1050. The highest BCUT2D eigenvalue weighted by Gasteiger charge is 2.24. The summed E-state index contributed by atoms with van der Waals surface area (Å²) in [5.41, 5.74) is 3.53. The van der Waals surface area contributed by atoms with Gasteiger partial charge in [-0.25, -0.2) is 0 Å². The highest BCUT2D eigenvalue weighted by atomic mass is 16.5. The van der Waals surface area contributed by atoms with Crippen LogP contribution >= 0.6 is 0 Å². The van der Waals surface area contributed by atoms with Crippen molar-refractivity contribution >= 4 is 6.29 Å². The smallest absolute Gasteiger partial charge is 0.320 e. The molecule has 0 saturated carbocycles. The number of carbonyl (C=O) groups excluding carboxylic acids is 1. The third-order valence-corrected chi connectivity index (χ3v) is 5.11. The van der Waals surface area contributed by atoms with Gasteiger partial charge in [0, 0.05) is 5.56 Å². The van der Waals surface area contributed by atoms with Gasteiger partial charge in [-0.3, -0.25) is 4.79 Å². The van der Waals surface area contributed by atoms with Crippen molar-refractivity contribution in [3.05, 3.63) is 59.2 Å². The molecule has 1 atom stereocenters. The molecule has 3 rings (SSSR count). The molecule has 0 N–H and O–H groups in total. The van der Waals surface area contributed by atoms with Crippen molar-refractivity contribution in [2.24, 2.45) is 0 Å². The van der Waals surface area contributed by atoms with Crippen LogP contribution in [0.2, 0.25) is 0 Å². The van der Waals surface area contributed by atoms with E-state index < -0.39 is 0 Å². The van der Waals surface area contributed by atoms with Crippen molar-refractivity contribution in [3.8, 4) is 34.6 Å². The second-order valence-corrected chi connectivity index (χ2v) is 6.98. The Hall–Kier alpha value is -3.61. The van der Waals surface area contributed by atoms with Gasteiger partial charge in [-0.15, -0.1) is 0 Å². The van der Waals surface area contributed by atoms with Crippen molar-refractivity contribution in [2.45, 2.75) is 19.3 Å². The van der Waals surface area contributed by atoms with Crippen LogP contribution in [0.15, 0.2) is 42.5 Å². The fourth-order valence-electron chi connectivity index (χ4n) is 3.57. The van der Waals surface area contributed by atoms with Crippen LogP contribution in [0.25, 0.3) is 11.3 Å². The molecular weight excluding hydrogens is 396 g/mol. The standard InChI is InChI=1S/C24H26N2O5/c1-15(11-16-9-7-6-8-10-16)17-12-20(28-2)21(29-3)13-18(17)22-19(14-27)23(30-4)26-24(25-22)31-5/h6-10,12-15H,11H2,1-5H3. The molecule has 1 aromatic heterocycles. The Kier molecular flexibility index (Phi) is 7.07. The highest BCUT2D eigenvalue weighted by molar-refractivity contribution is 5.90. The number of hydrogen-bond donors (Lipinski definition) is 0. The molecular formula is C24H26N2O5. The lowest BCUT2D eigenvalue weighted by Gasteiger charge is -2.21. The molecule has 0 spiro atoms. The fraction of sp³-hybridized carbons (Fsp3) is 0.292. The van der Waals surface area contributed by atoms with Crippen LogP contribution in [0.4, 0.5) is 0 Å². The lowest BCUT2D eigenvalue weighted by atomic mass is 9.88. The van der Waals surface area contributed by atoms with Crippen LogP contribution in [0.1, 0.15) is 34.3 Å². The molecule has 0 amide bonds. The number of hydrogen-bond acceptors (Lipinski definition) is 7. The Morgan fingerprint density at radius 3 is 2.16 bits per heavy atom. The molecule has 0 fully saturated rings. The first-order chi connectivity index (χ1) is 15.1. The van der Waals surface area contributed by atoms with E-state index in [0.717, 1.165) is 17.5 Å². The van der Waals surface area contributed by atoms with E-state index in [2.05, 4.69) is 29.0 Å². The first kappa shape index (κ1) is 22.1. The van der Waals surface area contributed by atoms with Crippen molar-refractivity contribution in [1.82, 2.24) is 9.97 Å². The maximum Gasteiger partial charge on any atom is 0.320 e. The molecule has 0 aliphatic carbocycles. The van der Waals surface area contributed by atoms with Gasteiger partial charge < -0.3 is 18.9 Å². The highest BCUT2D eigenvalue weighted by Crippen LogP contribution is 2.41. The number of rotatable bonds is 9. The van der Waals surface area contributed by atoms with Crippen LogP contribution in [-0.4, -0.2) is 44.7 Å². The maximum atomic E-state index is 12.0. The van der Waals surface area contributed by atoms with Gasteiger partial charge in [0.15, 0.2) is 17.8 Å². The molecule has 1 unspecified atom stereocenters. The van der Waals surface area contributed by atoms with Gasteiger partial charge in [0.1, 0.15) is 5.56 Å². The molecule has 0 radical (unpaired) electrons. The lowest BCUT2D eigenvalue weighted by Crippen LogP contribution is -2.07. The van der Waals surface area contributed by atoms with Gasteiger partial charge in [0.2, 0.25) is 5.88 Å². The van der Waals surface area contributed by atoms with Crippen molar-refractivity contribution < 1.29 is 23.7 Å². The number of aromatic nitrogens is 2. The third kappa shape index (κ3) is 4.60. The summed E-state index contributed by atoms with van der Waals surface area (Å²) in [7, 11) is 6.08. The van der Waals surface area contributed by atoms with Gasteiger partial charge >= 0.3 is 6.01 Å². The van der Waals surface area contributed by atoms with Crippen LogP contribution in [-0.2, 0) is 6.42 Å². The van der Waals surface area contributed by atoms with Gasteiger partial charge in [-0.2, -0.15) is 9.97 Å². The molecule has 7 heteroatoms. The molecule has 7 nitrogen and oxygen atoms in total. The number of methoxy groups -OCH3 is 4. The van der Waals surface area contributed by atoms with E-state index in [9.17, 15) is 4.79 Å². The van der Waals surface area contributed by atoms with Crippen LogP contribution < -0.4 is 18.9 Å². The predicted octanol–water partition coefficient (Wildman–Crippen LogP) is 4.34. The van der Waals surface area contributed by atoms with E-state index in [0.29, 0.717) is 23.5 Å². The van der Waals surface area contributed by atoms with Gasteiger partial charge in [-0.1, -0.05) is 37.3 Å². The monoisotopic (exact) mass is 422 g/mol. The number of benzene rings is 2. The van der Waals surface area contributed by atoms with E-state index in [-0.39, 0.29) is 23.4 Å². The summed E-state index contributed by atoms with van der Waals surface area (Å²) in [6, 6.07) is 14.1. The summed E-state index contributed by atoms with van der Waals surface area (Å²) in [5, 5.41) is 0.